The van der Waals surface area contributed by atoms with Crippen LogP contribution in [0.1, 0.15) is 32.7 Å². The fourth-order valence-electron chi connectivity index (χ4n) is 6.79. The zero-order chi connectivity index (χ0) is 40.4. The van der Waals surface area contributed by atoms with Gasteiger partial charge in [0, 0.05) is 16.9 Å². The number of carboxylic acids is 2. The number of amides is 2. The van der Waals surface area contributed by atoms with E-state index >= 15 is 0 Å². The molecule has 1 unspecified atom stereocenters. The van der Waals surface area contributed by atoms with Crippen molar-refractivity contribution in [1.82, 2.24) is 40.5 Å². The zero-order valence-corrected chi connectivity index (χ0v) is 32.6. The number of thioether (sulfide) groups is 2. The van der Waals surface area contributed by atoms with Crippen molar-refractivity contribution in [1.29, 1.82) is 0 Å². The number of carboxylic acid groups (broad SMARTS) is 2. The van der Waals surface area contributed by atoms with Gasteiger partial charge in [-0.25, -0.2) is 14.6 Å². The van der Waals surface area contributed by atoms with Gasteiger partial charge in [-0.05, 0) is 38.8 Å². The minimum Gasteiger partial charge on any atom is -0.478 e. The van der Waals surface area contributed by atoms with Gasteiger partial charge in [-0.3, -0.25) is 14.5 Å². The first-order valence-electron chi connectivity index (χ1n) is 17.4. The fourth-order valence-corrected chi connectivity index (χ4v) is 9.91. The maximum absolute atomic E-state index is 13.8. The summed E-state index contributed by atoms with van der Waals surface area (Å²) >= 11 is 3.61. The summed E-state index contributed by atoms with van der Waals surface area (Å²) in [7, 11) is 1.29. The summed E-state index contributed by atoms with van der Waals surface area (Å²) in [6, 6.07) is 30.1. The highest BCUT2D eigenvalue weighted by Gasteiger charge is 2.54. The van der Waals surface area contributed by atoms with Gasteiger partial charge in [-0.15, -0.1) is 37.9 Å². The number of oxime groups is 1. The molecule has 0 spiro atoms. The molecule has 3 aromatic heterocycles. The van der Waals surface area contributed by atoms with Gasteiger partial charge in [-0.1, -0.05) is 108 Å². The normalized spacial score (nSPS) is 16.7. The summed E-state index contributed by atoms with van der Waals surface area (Å²) in [5.41, 5.74) is 1.98. The van der Waals surface area contributed by atoms with Crippen molar-refractivity contribution in [2.75, 3.05) is 23.9 Å². The van der Waals surface area contributed by atoms with Crippen LogP contribution in [-0.2, 0) is 24.8 Å². The van der Waals surface area contributed by atoms with Crippen LogP contribution in [0.25, 0.3) is 5.65 Å². The number of aromatic nitrogens is 6. The van der Waals surface area contributed by atoms with Crippen LogP contribution in [0.3, 0.4) is 0 Å². The summed E-state index contributed by atoms with van der Waals surface area (Å²) in [6.07, 6.45) is 0. The lowest BCUT2D eigenvalue weighted by molar-refractivity contribution is -0.150. The Morgan fingerprint density at radius 3 is 2.19 bits per heavy atom. The summed E-state index contributed by atoms with van der Waals surface area (Å²) in [5.74, 6) is -3.66. The van der Waals surface area contributed by atoms with Gasteiger partial charge in [0.15, 0.2) is 10.8 Å². The van der Waals surface area contributed by atoms with E-state index in [-0.39, 0.29) is 44.8 Å². The monoisotopic (exact) mass is 834 g/mol. The van der Waals surface area contributed by atoms with Crippen molar-refractivity contribution in [2.24, 2.45) is 5.16 Å². The smallest absolute Gasteiger partial charge is 0.352 e. The molecular weight excluding hydrogens is 805 g/mol. The number of aromatic carboxylic acids is 1. The van der Waals surface area contributed by atoms with Crippen LogP contribution >= 0.6 is 34.9 Å². The van der Waals surface area contributed by atoms with E-state index in [9.17, 15) is 29.4 Å². The molecule has 2 aliphatic heterocycles. The van der Waals surface area contributed by atoms with Crippen LogP contribution in [0.2, 0.25) is 0 Å². The minimum atomic E-state index is -1.32. The molecule has 0 aliphatic carbocycles. The Morgan fingerprint density at radius 1 is 0.966 bits per heavy atom. The van der Waals surface area contributed by atoms with Gasteiger partial charge in [-0.2, -0.15) is 0 Å². The first-order valence-corrected chi connectivity index (χ1v) is 20.3. The highest BCUT2D eigenvalue weighted by Crippen LogP contribution is 2.43. The van der Waals surface area contributed by atoms with Crippen LogP contribution in [-0.4, -0.2) is 105 Å². The average molecular weight is 835 g/mol. The van der Waals surface area contributed by atoms with E-state index in [4.69, 9.17) is 9.82 Å². The van der Waals surface area contributed by atoms with Crippen LogP contribution in [0, 0.1) is 0 Å². The molecule has 5 heterocycles. The van der Waals surface area contributed by atoms with Crippen molar-refractivity contribution in [3.63, 3.8) is 0 Å². The first-order chi connectivity index (χ1) is 28.2. The highest BCUT2D eigenvalue weighted by atomic mass is 32.2. The number of fused-ring (bicyclic) bond motifs is 2. The Labute approximate surface area is 341 Å². The molecule has 1 fully saturated rings. The molecule has 8 rings (SSSR count). The molecule has 2 aliphatic rings. The van der Waals surface area contributed by atoms with Crippen LogP contribution in [0.5, 0.6) is 0 Å². The molecule has 4 N–H and O–H groups in total. The quantitative estimate of drug-likeness (QED) is 0.0401. The zero-order valence-electron chi connectivity index (χ0n) is 30.1. The summed E-state index contributed by atoms with van der Waals surface area (Å²) in [5, 5.41) is 46.9. The van der Waals surface area contributed by atoms with Crippen molar-refractivity contribution in [3.05, 3.63) is 142 Å². The van der Waals surface area contributed by atoms with Gasteiger partial charge in [0.25, 0.3) is 11.8 Å². The summed E-state index contributed by atoms with van der Waals surface area (Å²) in [4.78, 5) is 62.7. The van der Waals surface area contributed by atoms with E-state index in [1.54, 1.807) is 5.38 Å². The maximum atomic E-state index is 13.8. The second-order valence-corrected chi connectivity index (χ2v) is 15.7. The number of hydrogen-bond donors (Lipinski definition) is 4. The average Bonchev–Trinajstić information content (AvgIpc) is 3.93. The van der Waals surface area contributed by atoms with Crippen LogP contribution in [0.4, 0.5) is 5.13 Å². The van der Waals surface area contributed by atoms with Gasteiger partial charge < -0.3 is 25.7 Å². The third-order valence-corrected chi connectivity index (χ3v) is 12.5. The number of rotatable bonds is 14. The number of benzene rings is 3. The largest absolute Gasteiger partial charge is 0.478 e. The number of nitrogens with zero attached hydrogens (tertiary/aromatic N) is 8. The molecule has 2 atom stereocenters. The number of aliphatic carboxylic acids is 1. The Morgan fingerprint density at radius 2 is 1.60 bits per heavy atom. The van der Waals surface area contributed by atoms with Crippen molar-refractivity contribution >= 4 is 75.1 Å². The van der Waals surface area contributed by atoms with Crippen molar-refractivity contribution in [3.8, 4) is 0 Å². The third-order valence-electron chi connectivity index (χ3n) is 9.38. The molecule has 0 saturated carbocycles. The minimum absolute atomic E-state index is 0.0422. The van der Waals surface area contributed by atoms with E-state index in [1.165, 1.54) is 36.3 Å². The number of carbonyl (C=O) groups is 4. The van der Waals surface area contributed by atoms with Gasteiger partial charge in [0.2, 0.25) is 5.65 Å². The fraction of sp³-hybridized carbons (Fsp3) is 0.158. The number of tetrazole rings is 1. The molecule has 17 nitrogen and oxygen atoms in total. The van der Waals surface area contributed by atoms with Crippen molar-refractivity contribution in [2.45, 2.75) is 22.0 Å². The maximum Gasteiger partial charge on any atom is 0.352 e. The molecule has 6 aromatic rings. The first kappa shape index (κ1) is 38.2. The topological polar surface area (TPSA) is 226 Å². The summed E-state index contributed by atoms with van der Waals surface area (Å²) in [6.45, 7) is 0. The standard InChI is InChI=1S/C38H30N10O7S3/c1-55-44-28(26-20-58-37(39-26)41-38(22-11-5-2-6-12-22,23-13-7-3-8-14-23)24-15-9-4-10-16-24)32(49)40-29-33(50)47-30(36(53)54)21(19-57-34(29)47)18-56-27-17-25(35(51)52)31-42-45-46-48(31)43-27/h2-17,20,29,34H,18-19H2,1H3,(H,39,41)(H,40,49)(H,51,52)(H,53,54)/t29?,34-/m1/s1. The number of nitrogens with one attached hydrogen (secondary N) is 2. The molecule has 292 valence electrons. The lowest BCUT2D eigenvalue weighted by Crippen LogP contribution is -2.71. The highest BCUT2D eigenvalue weighted by molar-refractivity contribution is 8.01. The Balaban J connectivity index is 1.02. The predicted octanol–water partition coefficient (Wildman–Crippen LogP) is 3.96. The van der Waals surface area contributed by atoms with Crippen LogP contribution < -0.4 is 10.6 Å². The Kier molecular flexibility index (Phi) is 10.6. The Bertz CT molecular complexity index is 2510. The molecule has 0 radical (unpaired) electrons. The second-order valence-electron chi connectivity index (χ2n) is 12.7. The van der Waals surface area contributed by atoms with Crippen LogP contribution in [0.15, 0.2) is 124 Å². The molecule has 1 saturated heterocycles. The number of hydrogen-bond acceptors (Lipinski definition) is 15. The van der Waals surface area contributed by atoms with Gasteiger partial charge >= 0.3 is 11.9 Å². The number of thiazole rings is 1. The van der Waals surface area contributed by atoms with E-state index in [1.807, 2.05) is 91.0 Å². The lowest BCUT2D eigenvalue weighted by atomic mass is 9.77. The van der Waals surface area contributed by atoms with E-state index in [0.29, 0.717) is 10.7 Å². The number of β-lactam (4-membered cyclic amide) rings is 1. The van der Waals surface area contributed by atoms with E-state index in [2.05, 4.69) is 36.4 Å². The predicted molar refractivity (Wildman–Crippen MR) is 214 cm³/mol. The molecule has 20 heteroatoms. The third kappa shape index (κ3) is 7.01. The van der Waals surface area contributed by atoms with Gasteiger partial charge in [0.05, 0.1) is 0 Å². The number of anilines is 1. The molecule has 0 bridgehead atoms. The lowest BCUT2D eigenvalue weighted by Gasteiger charge is -2.49. The van der Waals surface area contributed by atoms with Crippen molar-refractivity contribution < 1.29 is 34.2 Å². The molecule has 3 aromatic carbocycles. The molecular formula is C38H30N10O7S3. The van der Waals surface area contributed by atoms with E-state index in [0.717, 1.165) is 38.0 Å². The van der Waals surface area contributed by atoms with E-state index < -0.39 is 40.7 Å². The number of carbonyl (C=O) groups excluding carboxylic acids is 2. The second kappa shape index (κ2) is 16.1. The molecule has 58 heavy (non-hydrogen) atoms. The Hall–Kier alpha value is -6.64. The SMILES string of the molecule is CON=C(C(=O)NC1C(=O)N2C(C(=O)O)=C(CSc3cc(C(=O)O)c4nnnn4n3)CS[C@H]12)c1csc(NC(c2ccccc2)(c2ccccc2)c2ccccc2)n1. The summed E-state index contributed by atoms with van der Waals surface area (Å²) < 4.78 is 0.980. The van der Waals surface area contributed by atoms with Gasteiger partial charge in [0.1, 0.15) is 46.0 Å². The molecule has 2 amide bonds.